The lowest BCUT2D eigenvalue weighted by Crippen LogP contribution is -2.27. The van der Waals surface area contributed by atoms with E-state index in [-0.39, 0.29) is 23.8 Å². The molecule has 9 heteroatoms. The van der Waals surface area contributed by atoms with E-state index >= 15 is 0 Å². The highest BCUT2D eigenvalue weighted by molar-refractivity contribution is 5.89. The molecule has 3 N–H and O–H groups in total. The van der Waals surface area contributed by atoms with Crippen molar-refractivity contribution in [3.05, 3.63) is 17.8 Å². The van der Waals surface area contributed by atoms with Gasteiger partial charge in [0.2, 0.25) is 5.95 Å². The van der Waals surface area contributed by atoms with E-state index < -0.39 is 11.9 Å². The van der Waals surface area contributed by atoms with Crippen LogP contribution in [0.4, 0.5) is 11.6 Å². The number of hydrogen-bond donors (Lipinski definition) is 2. The first kappa shape index (κ1) is 13.6. The van der Waals surface area contributed by atoms with E-state index in [1.807, 2.05) is 0 Å². The average Bonchev–Trinajstić information content (AvgIpc) is 2.77. The van der Waals surface area contributed by atoms with Crippen molar-refractivity contribution in [2.75, 3.05) is 31.3 Å². The topological polar surface area (TPSA) is 123 Å². The zero-order valence-electron chi connectivity index (χ0n) is 10.9. The van der Waals surface area contributed by atoms with Crippen molar-refractivity contribution in [1.29, 1.82) is 0 Å². The van der Waals surface area contributed by atoms with Crippen LogP contribution in [0.2, 0.25) is 0 Å². The third-order valence-corrected chi connectivity index (χ3v) is 2.70. The Kier molecular flexibility index (Phi) is 3.42. The molecule has 0 atom stereocenters. The maximum atomic E-state index is 11.3. The maximum Gasteiger partial charge on any atom is 0.354 e. The van der Waals surface area contributed by atoms with Crippen LogP contribution in [0, 0.1) is 0 Å². The van der Waals surface area contributed by atoms with Gasteiger partial charge in [0.05, 0.1) is 12.8 Å². The molecule has 9 nitrogen and oxygen atoms in total. The molecule has 0 aliphatic carbocycles. The number of hydrogen-bond acceptors (Lipinski definition) is 7. The molecule has 2 rings (SSSR count). The van der Waals surface area contributed by atoms with Crippen LogP contribution in [0.3, 0.4) is 0 Å². The normalized spacial score (nSPS) is 10.5. The number of nitrogens with two attached hydrogens (primary N) is 1. The molecule has 0 radical (unpaired) electrons. The molecule has 20 heavy (non-hydrogen) atoms. The maximum absolute atomic E-state index is 11.3. The summed E-state index contributed by atoms with van der Waals surface area (Å²) in [6.07, 6.45) is 0. The molecular formula is C11H13N5O4. The van der Waals surface area contributed by atoms with Gasteiger partial charge < -0.3 is 20.5 Å². The standard InChI is InChI=1S/C11H13N5O4/c1-15(5-8(17)20-2)6-3-4-7(10(18)19)16-9(6)13-11(12)14-16/h3-4H,5H2,1-2H3,(H2,12,14)(H,18,19). The molecule has 0 spiro atoms. The van der Waals surface area contributed by atoms with Crippen LogP contribution < -0.4 is 10.6 Å². The number of carbonyl (C=O) groups excluding carboxylic acids is 1. The molecule has 2 heterocycles. The zero-order valence-corrected chi connectivity index (χ0v) is 10.9. The number of nitrogen functional groups attached to an aromatic ring is 1. The van der Waals surface area contributed by atoms with Crippen molar-refractivity contribution in [2.45, 2.75) is 0 Å². The van der Waals surface area contributed by atoms with E-state index in [1.165, 1.54) is 19.2 Å². The Morgan fingerprint density at radius 1 is 1.50 bits per heavy atom. The summed E-state index contributed by atoms with van der Waals surface area (Å²) in [5.74, 6) is -1.63. The van der Waals surface area contributed by atoms with Crippen LogP contribution >= 0.6 is 0 Å². The highest BCUT2D eigenvalue weighted by atomic mass is 16.5. The van der Waals surface area contributed by atoms with Crippen LogP contribution in [-0.2, 0) is 9.53 Å². The number of aromatic nitrogens is 3. The Morgan fingerprint density at radius 2 is 2.20 bits per heavy atom. The van der Waals surface area contributed by atoms with Gasteiger partial charge in [-0.1, -0.05) is 0 Å². The number of nitrogens with zero attached hydrogens (tertiary/aromatic N) is 4. The number of fused-ring (bicyclic) bond motifs is 1. The van der Waals surface area contributed by atoms with Crippen LogP contribution in [0.25, 0.3) is 5.65 Å². The summed E-state index contributed by atoms with van der Waals surface area (Å²) in [4.78, 5) is 28.0. The van der Waals surface area contributed by atoms with Crippen molar-refractivity contribution in [1.82, 2.24) is 14.6 Å². The SMILES string of the molecule is COC(=O)CN(C)c1ccc(C(=O)O)n2nc(N)nc12. The predicted molar refractivity (Wildman–Crippen MR) is 69.6 cm³/mol. The fraction of sp³-hybridized carbons (Fsp3) is 0.273. The molecule has 2 aromatic heterocycles. The molecular weight excluding hydrogens is 266 g/mol. The van der Waals surface area contributed by atoms with Gasteiger partial charge in [-0.05, 0) is 12.1 Å². The van der Waals surface area contributed by atoms with Gasteiger partial charge in [0, 0.05) is 7.05 Å². The monoisotopic (exact) mass is 279 g/mol. The van der Waals surface area contributed by atoms with Crippen molar-refractivity contribution in [3.8, 4) is 0 Å². The van der Waals surface area contributed by atoms with Crippen LogP contribution in [0.1, 0.15) is 10.5 Å². The third kappa shape index (κ3) is 2.32. The summed E-state index contributed by atoms with van der Waals surface area (Å²) in [6.45, 7) is -0.00859. The molecule has 0 amide bonds. The first-order valence-corrected chi connectivity index (χ1v) is 5.60. The Bertz CT molecular complexity index is 681. The van der Waals surface area contributed by atoms with Crippen LogP contribution in [-0.4, -0.2) is 52.3 Å². The quantitative estimate of drug-likeness (QED) is 0.726. The molecule has 2 aromatic rings. The first-order valence-electron chi connectivity index (χ1n) is 5.60. The second-order valence-electron chi connectivity index (χ2n) is 4.05. The van der Waals surface area contributed by atoms with E-state index in [9.17, 15) is 9.59 Å². The van der Waals surface area contributed by atoms with Gasteiger partial charge in [-0.15, -0.1) is 5.10 Å². The van der Waals surface area contributed by atoms with Gasteiger partial charge in [0.15, 0.2) is 11.3 Å². The molecule has 0 aliphatic heterocycles. The molecule has 0 saturated heterocycles. The minimum absolute atomic E-state index is 0.00859. The number of likely N-dealkylation sites (N-methyl/N-ethyl adjacent to an activating group) is 1. The summed E-state index contributed by atoms with van der Waals surface area (Å²) in [6, 6.07) is 2.91. The highest BCUT2D eigenvalue weighted by Gasteiger charge is 2.18. The number of methoxy groups -OCH3 is 1. The molecule has 0 unspecified atom stereocenters. The largest absolute Gasteiger partial charge is 0.477 e. The summed E-state index contributed by atoms with van der Waals surface area (Å²) in [5, 5.41) is 12.9. The van der Waals surface area contributed by atoms with Crippen LogP contribution in [0.5, 0.6) is 0 Å². The second kappa shape index (κ2) is 5.03. The molecule has 0 aromatic carbocycles. The third-order valence-electron chi connectivity index (χ3n) is 2.70. The molecule has 0 aliphatic rings. The van der Waals surface area contributed by atoms with Crippen molar-refractivity contribution in [2.24, 2.45) is 0 Å². The predicted octanol–water partition coefficient (Wildman–Crippen LogP) is -0.381. The van der Waals surface area contributed by atoms with Gasteiger partial charge in [-0.25, -0.2) is 9.31 Å². The highest BCUT2D eigenvalue weighted by Crippen LogP contribution is 2.21. The average molecular weight is 279 g/mol. The van der Waals surface area contributed by atoms with Gasteiger partial charge in [0.1, 0.15) is 6.54 Å². The molecule has 106 valence electrons. The number of esters is 1. The number of carboxylic acid groups (broad SMARTS) is 1. The van der Waals surface area contributed by atoms with Crippen LogP contribution in [0.15, 0.2) is 12.1 Å². The van der Waals surface area contributed by atoms with Crippen molar-refractivity contribution < 1.29 is 19.4 Å². The first-order chi connectivity index (χ1) is 9.43. The summed E-state index contributed by atoms with van der Waals surface area (Å²) >= 11 is 0. The van der Waals surface area contributed by atoms with Gasteiger partial charge in [-0.3, -0.25) is 4.79 Å². The number of ether oxygens (including phenoxy) is 1. The number of aromatic carboxylic acids is 1. The lowest BCUT2D eigenvalue weighted by molar-refractivity contribution is -0.138. The van der Waals surface area contributed by atoms with E-state index in [0.717, 1.165) is 4.52 Å². The summed E-state index contributed by atoms with van der Waals surface area (Å²) in [5.41, 5.74) is 6.22. The lowest BCUT2D eigenvalue weighted by atomic mass is 10.3. The van der Waals surface area contributed by atoms with Gasteiger partial charge >= 0.3 is 11.9 Å². The smallest absolute Gasteiger partial charge is 0.354 e. The fourth-order valence-corrected chi connectivity index (χ4v) is 1.77. The molecule has 0 bridgehead atoms. The number of anilines is 2. The second-order valence-corrected chi connectivity index (χ2v) is 4.05. The van der Waals surface area contributed by atoms with E-state index in [0.29, 0.717) is 5.69 Å². The molecule has 0 saturated carbocycles. The number of pyridine rings is 1. The zero-order chi connectivity index (χ0) is 14.9. The lowest BCUT2D eigenvalue weighted by Gasteiger charge is -2.18. The minimum Gasteiger partial charge on any atom is -0.477 e. The summed E-state index contributed by atoms with van der Waals surface area (Å²) < 4.78 is 5.71. The number of carbonyl (C=O) groups is 2. The number of carboxylic acids is 1. The van der Waals surface area contributed by atoms with Crippen molar-refractivity contribution >= 4 is 29.2 Å². The van der Waals surface area contributed by atoms with E-state index in [1.54, 1.807) is 11.9 Å². The van der Waals surface area contributed by atoms with Gasteiger partial charge in [-0.2, -0.15) is 4.98 Å². The molecule has 0 fully saturated rings. The fourth-order valence-electron chi connectivity index (χ4n) is 1.77. The van der Waals surface area contributed by atoms with E-state index in [4.69, 9.17) is 10.8 Å². The Balaban J connectivity index is 2.52. The minimum atomic E-state index is -1.15. The number of rotatable bonds is 4. The Labute approximate surface area is 113 Å². The Morgan fingerprint density at radius 3 is 2.80 bits per heavy atom. The Hall–Kier alpha value is -2.84. The van der Waals surface area contributed by atoms with Gasteiger partial charge in [0.25, 0.3) is 0 Å². The summed E-state index contributed by atoms with van der Waals surface area (Å²) in [7, 11) is 2.94. The van der Waals surface area contributed by atoms with E-state index in [2.05, 4.69) is 14.8 Å². The van der Waals surface area contributed by atoms with Crippen molar-refractivity contribution in [3.63, 3.8) is 0 Å².